The Morgan fingerprint density at radius 1 is 1.33 bits per heavy atom. The van der Waals surface area contributed by atoms with Gasteiger partial charge in [-0.3, -0.25) is 4.79 Å². The van der Waals surface area contributed by atoms with Crippen LogP contribution in [0, 0.1) is 12.3 Å². The Morgan fingerprint density at radius 3 is 2.89 bits per heavy atom. The molecule has 27 heavy (non-hydrogen) atoms. The van der Waals surface area contributed by atoms with Crippen LogP contribution in [-0.2, 0) is 6.42 Å². The second kappa shape index (κ2) is 6.42. The fourth-order valence-electron chi connectivity index (χ4n) is 5.88. The molecule has 3 aliphatic rings. The molecule has 142 valence electrons. The van der Waals surface area contributed by atoms with Crippen molar-refractivity contribution in [1.29, 1.82) is 0 Å². The van der Waals surface area contributed by atoms with Crippen LogP contribution in [0.3, 0.4) is 0 Å². The van der Waals surface area contributed by atoms with E-state index in [2.05, 4.69) is 52.5 Å². The van der Waals surface area contributed by atoms with E-state index in [0.29, 0.717) is 18.1 Å². The maximum atomic E-state index is 13.6. The maximum absolute atomic E-state index is 13.6. The van der Waals surface area contributed by atoms with Gasteiger partial charge in [-0.05, 0) is 44.6 Å². The van der Waals surface area contributed by atoms with E-state index in [1.165, 1.54) is 29.7 Å². The van der Waals surface area contributed by atoms with Crippen molar-refractivity contribution in [2.24, 2.45) is 5.41 Å². The number of piperidine rings is 1. The van der Waals surface area contributed by atoms with Crippen LogP contribution >= 0.6 is 11.3 Å². The third-order valence-corrected chi connectivity index (χ3v) is 8.14. The molecule has 1 saturated carbocycles. The van der Waals surface area contributed by atoms with Gasteiger partial charge in [-0.1, -0.05) is 37.3 Å². The highest BCUT2D eigenvalue weighted by molar-refractivity contribution is 7.11. The predicted molar refractivity (Wildman–Crippen MR) is 108 cm³/mol. The van der Waals surface area contributed by atoms with Crippen LogP contribution in [-0.4, -0.2) is 40.0 Å². The van der Waals surface area contributed by atoms with Crippen molar-refractivity contribution in [3.8, 4) is 0 Å². The van der Waals surface area contributed by atoms with E-state index in [9.17, 15) is 4.79 Å². The van der Waals surface area contributed by atoms with E-state index < -0.39 is 0 Å². The second-order valence-corrected chi connectivity index (χ2v) is 9.57. The second-order valence-electron chi connectivity index (χ2n) is 8.72. The Morgan fingerprint density at radius 2 is 2.15 bits per heavy atom. The topological polar surface area (TPSA) is 45.2 Å². The van der Waals surface area contributed by atoms with Crippen LogP contribution in [0.4, 0.5) is 0 Å². The number of hydrogen-bond acceptors (Lipinski definition) is 4. The largest absolute Gasteiger partial charge is 0.330 e. The first-order valence-corrected chi connectivity index (χ1v) is 11.0. The van der Waals surface area contributed by atoms with E-state index >= 15 is 0 Å². The van der Waals surface area contributed by atoms with Gasteiger partial charge in [0.1, 0.15) is 4.88 Å². The summed E-state index contributed by atoms with van der Waals surface area (Å²) in [7, 11) is 0. The molecule has 0 spiro atoms. The summed E-state index contributed by atoms with van der Waals surface area (Å²) in [5, 5.41) is 3.97. The van der Waals surface area contributed by atoms with Crippen molar-refractivity contribution in [1.82, 2.24) is 15.2 Å². The minimum Gasteiger partial charge on any atom is -0.330 e. The fraction of sp³-hybridized carbons (Fsp3) is 0.545. The number of nitrogens with one attached hydrogen (secondary N) is 1. The Kier molecular flexibility index (Phi) is 4.13. The molecule has 3 fully saturated rings. The van der Waals surface area contributed by atoms with Crippen molar-refractivity contribution < 1.29 is 4.79 Å². The lowest BCUT2D eigenvalue weighted by Gasteiger charge is -2.46. The first kappa shape index (κ1) is 17.4. The Labute approximate surface area is 165 Å². The van der Waals surface area contributed by atoms with Crippen LogP contribution in [0.5, 0.6) is 0 Å². The van der Waals surface area contributed by atoms with Crippen LogP contribution < -0.4 is 5.32 Å². The summed E-state index contributed by atoms with van der Waals surface area (Å²) in [6.45, 7) is 4.37. The molecule has 1 N–H and O–H groups in total. The highest BCUT2D eigenvalue weighted by Crippen LogP contribution is 2.53. The van der Waals surface area contributed by atoms with Gasteiger partial charge in [-0.2, -0.15) is 0 Å². The first-order valence-electron chi connectivity index (χ1n) is 10.1. The fourth-order valence-corrected chi connectivity index (χ4v) is 6.63. The summed E-state index contributed by atoms with van der Waals surface area (Å²) in [5.41, 5.74) is 4.22. The molecule has 2 bridgehead atoms. The van der Waals surface area contributed by atoms with Gasteiger partial charge in [0.05, 0.1) is 11.2 Å². The zero-order valence-electron chi connectivity index (χ0n) is 16.0. The van der Waals surface area contributed by atoms with Crippen LogP contribution in [0.15, 0.2) is 35.8 Å². The minimum atomic E-state index is 0.199. The molecule has 2 aromatic rings. The number of rotatable bonds is 3. The van der Waals surface area contributed by atoms with Crippen LogP contribution in [0.2, 0.25) is 0 Å². The first-order chi connectivity index (χ1) is 13.1. The monoisotopic (exact) mass is 381 g/mol. The van der Waals surface area contributed by atoms with Gasteiger partial charge >= 0.3 is 0 Å². The average molecular weight is 382 g/mol. The summed E-state index contributed by atoms with van der Waals surface area (Å²) in [6, 6.07) is 12.2. The highest BCUT2D eigenvalue weighted by Gasteiger charge is 2.61. The number of nitrogens with zero attached hydrogens (tertiary/aromatic N) is 2. The smallest absolute Gasteiger partial charge is 0.266 e. The zero-order valence-corrected chi connectivity index (χ0v) is 16.8. The van der Waals surface area contributed by atoms with Crippen molar-refractivity contribution in [2.45, 2.75) is 70.1 Å². The summed E-state index contributed by atoms with van der Waals surface area (Å²) in [5.74, 6) is 0.205. The number of amides is 1. The Bertz CT molecular complexity index is 850. The number of carbonyl (C=O) groups excluding carboxylic acids is 1. The van der Waals surface area contributed by atoms with Crippen molar-refractivity contribution >= 4 is 17.2 Å². The standard InChI is InChI=1S/C22H27N3OS/c1-14-20(27-13-23-14)21(26)25-17-12-22(2)18(9-6-10-19(22)25)24-16(17)11-15-7-4-3-5-8-15/h3-5,7-8,13,16-19,24H,6,9-12H2,1-2H3/t16-,17+,18-,19+,22-/m1/s1. The number of likely N-dealkylation sites (tertiary alicyclic amines) is 1. The average Bonchev–Trinajstić information content (AvgIpc) is 3.22. The number of carbonyl (C=O) groups is 1. The summed E-state index contributed by atoms with van der Waals surface area (Å²) >= 11 is 1.49. The number of thiazole rings is 1. The van der Waals surface area contributed by atoms with E-state index in [4.69, 9.17) is 0 Å². The number of aryl methyl sites for hydroxylation is 1. The molecule has 5 rings (SSSR count). The lowest BCUT2D eigenvalue weighted by molar-refractivity contribution is 0.0562. The third kappa shape index (κ3) is 2.66. The minimum absolute atomic E-state index is 0.199. The van der Waals surface area contributed by atoms with Gasteiger partial charge in [-0.25, -0.2) is 4.98 Å². The molecule has 4 nitrogen and oxygen atoms in total. The van der Waals surface area contributed by atoms with Gasteiger partial charge < -0.3 is 10.2 Å². The van der Waals surface area contributed by atoms with Gasteiger partial charge in [0, 0.05) is 29.6 Å². The molecule has 0 radical (unpaired) electrons. The molecule has 3 heterocycles. The number of benzene rings is 1. The molecule has 5 atom stereocenters. The normalized spacial score (nSPS) is 34.7. The molecule has 2 aliphatic heterocycles. The summed E-state index contributed by atoms with van der Waals surface area (Å²) < 4.78 is 0. The summed E-state index contributed by atoms with van der Waals surface area (Å²) in [6.07, 6.45) is 5.67. The lowest BCUT2D eigenvalue weighted by atomic mass is 9.65. The molecule has 1 aliphatic carbocycles. The van der Waals surface area contributed by atoms with Gasteiger partial charge in [-0.15, -0.1) is 11.3 Å². The maximum Gasteiger partial charge on any atom is 0.266 e. The quantitative estimate of drug-likeness (QED) is 0.879. The van der Waals surface area contributed by atoms with E-state index in [0.717, 1.165) is 29.8 Å². The van der Waals surface area contributed by atoms with Crippen LogP contribution in [0.1, 0.15) is 53.5 Å². The van der Waals surface area contributed by atoms with E-state index in [1.54, 1.807) is 5.51 Å². The lowest BCUT2D eigenvalue weighted by Crippen LogP contribution is -2.58. The molecule has 2 saturated heterocycles. The molecule has 1 aromatic carbocycles. The van der Waals surface area contributed by atoms with Crippen molar-refractivity contribution in [2.75, 3.05) is 0 Å². The van der Waals surface area contributed by atoms with Gasteiger partial charge in [0.25, 0.3) is 5.91 Å². The summed E-state index contributed by atoms with van der Waals surface area (Å²) in [4.78, 5) is 21.0. The Hall–Kier alpha value is -1.72. The number of fused-ring (bicyclic) bond motifs is 1. The molecular formula is C22H27N3OS. The highest BCUT2D eigenvalue weighted by atomic mass is 32.1. The number of aromatic nitrogens is 1. The van der Waals surface area contributed by atoms with Crippen molar-refractivity contribution in [3.63, 3.8) is 0 Å². The predicted octanol–water partition coefficient (Wildman–Crippen LogP) is 3.81. The Balaban J connectivity index is 1.52. The molecule has 1 aromatic heterocycles. The molecule has 5 heteroatoms. The molecule has 0 unspecified atom stereocenters. The SMILES string of the molecule is Cc1ncsc1C(=O)N1[C@H]2CCC[C@H]3N[C@H](Cc4ccccc4)[C@@H]1C[C@@]23C. The van der Waals surface area contributed by atoms with E-state index in [1.807, 2.05) is 6.92 Å². The van der Waals surface area contributed by atoms with Gasteiger partial charge in [0.2, 0.25) is 0 Å². The van der Waals surface area contributed by atoms with E-state index in [-0.39, 0.29) is 17.4 Å². The van der Waals surface area contributed by atoms with Crippen molar-refractivity contribution in [3.05, 3.63) is 52.0 Å². The van der Waals surface area contributed by atoms with Crippen LogP contribution in [0.25, 0.3) is 0 Å². The third-order valence-electron chi connectivity index (χ3n) is 7.22. The molecular weight excluding hydrogens is 354 g/mol. The van der Waals surface area contributed by atoms with Gasteiger partial charge in [0.15, 0.2) is 0 Å². The molecule has 1 amide bonds. The number of hydrogen-bond donors (Lipinski definition) is 1. The zero-order chi connectivity index (χ0) is 18.6.